The molecule has 1 aliphatic heterocycles. The quantitative estimate of drug-likeness (QED) is 0.278. The molecule has 238 valence electrons. The first kappa shape index (κ1) is 32.0. The van der Waals surface area contributed by atoms with E-state index in [1.54, 1.807) is 0 Å². The molecule has 44 heavy (non-hydrogen) atoms. The number of hydrogen-bond donors (Lipinski definition) is 2. The number of fused-ring (bicyclic) bond motifs is 1. The molecule has 2 heterocycles. The second kappa shape index (κ2) is 13.3. The standard InChI is InChI=1S/C34H44F3N5O2/c1-21(2)24-14-16-41(17-15-24)20-23-8-13-29-30(18-23)42(28-11-9-25(10-12-28)31(43)38-22(3)4)33(39-29)40-32(44)26-6-5-7-27(19-26)34(35,36)37/h5-8,13,18-19,21-22,24-25,28H,9-12,14-17,20H2,1-4H3,(H,38,43)(H,39,40,44). The lowest BCUT2D eigenvalue weighted by molar-refractivity contribution is -0.137. The second-order valence-electron chi connectivity index (χ2n) is 13.2. The van der Waals surface area contributed by atoms with E-state index in [9.17, 15) is 22.8 Å². The van der Waals surface area contributed by atoms with Crippen LogP contribution in [0.4, 0.5) is 19.1 Å². The summed E-state index contributed by atoms with van der Waals surface area (Å²) in [5, 5.41) is 5.84. The molecule has 0 bridgehead atoms. The molecule has 1 saturated carbocycles. The molecule has 0 spiro atoms. The SMILES string of the molecule is CC(C)NC(=O)C1CCC(n2c(NC(=O)c3cccc(C(F)(F)F)c3)nc3ccc(CN4CCC(C(C)C)CC4)cc32)CC1. The molecule has 1 saturated heterocycles. The Morgan fingerprint density at radius 2 is 1.66 bits per heavy atom. The molecule has 10 heteroatoms. The molecule has 2 aromatic carbocycles. The first-order valence-corrected chi connectivity index (χ1v) is 15.9. The van der Waals surface area contributed by atoms with Crippen molar-refractivity contribution in [1.82, 2.24) is 19.8 Å². The van der Waals surface area contributed by atoms with Crippen LogP contribution >= 0.6 is 0 Å². The number of aromatic nitrogens is 2. The minimum atomic E-state index is -4.55. The first-order chi connectivity index (χ1) is 20.9. The highest BCUT2D eigenvalue weighted by atomic mass is 19.4. The minimum Gasteiger partial charge on any atom is -0.354 e. The lowest BCUT2D eigenvalue weighted by Gasteiger charge is -2.34. The normalized spacial score (nSPS) is 20.4. The summed E-state index contributed by atoms with van der Waals surface area (Å²) in [6.07, 6.45) is 0.684. The number of carbonyl (C=O) groups excluding carboxylic acids is 2. The molecule has 0 atom stereocenters. The lowest BCUT2D eigenvalue weighted by Crippen LogP contribution is -2.37. The van der Waals surface area contributed by atoms with Crippen LogP contribution in [0.3, 0.4) is 0 Å². The van der Waals surface area contributed by atoms with Crippen molar-refractivity contribution in [3.8, 4) is 0 Å². The summed E-state index contributed by atoms with van der Waals surface area (Å²) < 4.78 is 42.1. The van der Waals surface area contributed by atoms with Gasteiger partial charge in [-0.05, 0) is 113 Å². The van der Waals surface area contributed by atoms with Gasteiger partial charge in [0.25, 0.3) is 5.91 Å². The number of nitrogens with zero attached hydrogens (tertiary/aromatic N) is 3. The topological polar surface area (TPSA) is 79.3 Å². The van der Waals surface area contributed by atoms with Gasteiger partial charge in [-0.25, -0.2) is 4.98 Å². The lowest BCUT2D eigenvalue weighted by atomic mass is 9.85. The number of likely N-dealkylation sites (tertiary alicyclic amines) is 1. The highest BCUT2D eigenvalue weighted by Crippen LogP contribution is 2.38. The van der Waals surface area contributed by atoms with Crippen molar-refractivity contribution >= 4 is 28.8 Å². The van der Waals surface area contributed by atoms with Gasteiger partial charge in [0.2, 0.25) is 11.9 Å². The predicted octanol–water partition coefficient (Wildman–Crippen LogP) is 7.43. The molecule has 0 radical (unpaired) electrons. The van der Waals surface area contributed by atoms with Gasteiger partial charge in [-0.2, -0.15) is 13.2 Å². The zero-order valence-corrected chi connectivity index (χ0v) is 26.1. The summed E-state index contributed by atoms with van der Waals surface area (Å²) >= 11 is 0. The van der Waals surface area contributed by atoms with Gasteiger partial charge in [0.05, 0.1) is 16.6 Å². The molecule has 2 fully saturated rings. The third-order valence-electron chi connectivity index (χ3n) is 9.28. The van der Waals surface area contributed by atoms with Gasteiger partial charge in [0, 0.05) is 30.1 Å². The Morgan fingerprint density at radius 3 is 2.30 bits per heavy atom. The van der Waals surface area contributed by atoms with Gasteiger partial charge in [0.1, 0.15) is 0 Å². The summed E-state index contributed by atoms with van der Waals surface area (Å²) in [5.74, 6) is 1.11. The van der Waals surface area contributed by atoms with Crippen molar-refractivity contribution in [2.24, 2.45) is 17.8 Å². The number of anilines is 1. The number of rotatable bonds is 8. The van der Waals surface area contributed by atoms with Gasteiger partial charge in [0.15, 0.2) is 0 Å². The highest BCUT2D eigenvalue weighted by molar-refractivity contribution is 6.04. The third kappa shape index (κ3) is 7.45. The van der Waals surface area contributed by atoms with Crippen molar-refractivity contribution in [3.63, 3.8) is 0 Å². The summed E-state index contributed by atoms with van der Waals surface area (Å²) in [5.41, 5.74) is 1.79. The average molecular weight is 612 g/mol. The van der Waals surface area contributed by atoms with Crippen LogP contribution in [0.5, 0.6) is 0 Å². The molecule has 7 nitrogen and oxygen atoms in total. The van der Waals surface area contributed by atoms with E-state index in [0.29, 0.717) is 30.2 Å². The zero-order chi connectivity index (χ0) is 31.6. The Bertz CT molecular complexity index is 1470. The van der Waals surface area contributed by atoms with Crippen LogP contribution < -0.4 is 10.6 Å². The third-order valence-corrected chi connectivity index (χ3v) is 9.28. The largest absolute Gasteiger partial charge is 0.416 e. The van der Waals surface area contributed by atoms with E-state index >= 15 is 0 Å². The Labute approximate surface area is 257 Å². The van der Waals surface area contributed by atoms with Crippen LogP contribution in [0.15, 0.2) is 42.5 Å². The summed E-state index contributed by atoms with van der Waals surface area (Å²) in [6.45, 7) is 11.4. The van der Waals surface area contributed by atoms with E-state index < -0.39 is 17.6 Å². The number of hydrogen-bond acceptors (Lipinski definition) is 4. The fourth-order valence-corrected chi connectivity index (χ4v) is 6.74. The number of carbonyl (C=O) groups is 2. The van der Waals surface area contributed by atoms with E-state index in [1.807, 2.05) is 24.5 Å². The molecule has 5 rings (SSSR count). The number of imidazole rings is 1. The fourth-order valence-electron chi connectivity index (χ4n) is 6.74. The van der Waals surface area contributed by atoms with E-state index in [0.717, 1.165) is 61.6 Å². The smallest absolute Gasteiger partial charge is 0.354 e. The molecular weight excluding hydrogens is 567 g/mol. The molecule has 2 aliphatic rings. The summed E-state index contributed by atoms with van der Waals surface area (Å²) in [4.78, 5) is 33.2. The van der Waals surface area contributed by atoms with Crippen molar-refractivity contribution < 1.29 is 22.8 Å². The number of benzene rings is 2. The highest BCUT2D eigenvalue weighted by Gasteiger charge is 2.32. The van der Waals surface area contributed by atoms with Crippen molar-refractivity contribution in [1.29, 1.82) is 0 Å². The Balaban J connectivity index is 1.42. The maximum absolute atomic E-state index is 13.3. The van der Waals surface area contributed by atoms with E-state index in [4.69, 9.17) is 4.98 Å². The molecule has 2 amide bonds. The molecule has 1 aromatic heterocycles. The molecule has 3 aromatic rings. The number of alkyl halides is 3. The van der Waals surface area contributed by atoms with Crippen LogP contribution in [0, 0.1) is 17.8 Å². The summed E-state index contributed by atoms with van der Waals surface area (Å²) in [7, 11) is 0. The zero-order valence-electron chi connectivity index (χ0n) is 26.1. The molecular formula is C34H44F3N5O2. The Hall–Kier alpha value is -3.40. The molecule has 2 N–H and O–H groups in total. The molecule has 1 aliphatic carbocycles. The predicted molar refractivity (Wildman–Crippen MR) is 166 cm³/mol. The number of amides is 2. The van der Waals surface area contributed by atoms with Gasteiger partial charge >= 0.3 is 6.18 Å². The van der Waals surface area contributed by atoms with E-state index in [1.165, 1.54) is 25.0 Å². The van der Waals surface area contributed by atoms with Crippen molar-refractivity contribution in [2.75, 3.05) is 18.4 Å². The van der Waals surface area contributed by atoms with Gasteiger partial charge in [-0.3, -0.25) is 19.8 Å². The van der Waals surface area contributed by atoms with Gasteiger partial charge < -0.3 is 9.88 Å². The van der Waals surface area contributed by atoms with E-state index in [-0.39, 0.29) is 29.5 Å². The van der Waals surface area contributed by atoms with E-state index in [2.05, 4.69) is 41.5 Å². The monoisotopic (exact) mass is 611 g/mol. The van der Waals surface area contributed by atoms with Crippen molar-refractivity contribution in [3.05, 3.63) is 59.2 Å². The van der Waals surface area contributed by atoms with Crippen LogP contribution in [-0.2, 0) is 17.5 Å². The van der Waals surface area contributed by atoms with Gasteiger partial charge in [-0.1, -0.05) is 26.0 Å². The maximum Gasteiger partial charge on any atom is 0.416 e. The maximum atomic E-state index is 13.3. The van der Waals surface area contributed by atoms with Crippen LogP contribution in [0.1, 0.15) is 93.7 Å². The Morgan fingerprint density at radius 1 is 0.955 bits per heavy atom. The van der Waals surface area contributed by atoms with Crippen LogP contribution in [-0.4, -0.2) is 45.4 Å². The first-order valence-electron chi connectivity index (χ1n) is 15.9. The Kier molecular flexibility index (Phi) is 9.68. The number of halogens is 3. The fraction of sp³-hybridized carbons (Fsp3) is 0.559. The van der Waals surface area contributed by atoms with Gasteiger partial charge in [-0.15, -0.1) is 0 Å². The number of nitrogens with one attached hydrogen (secondary N) is 2. The summed E-state index contributed by atoms with van der Waals surface area (Å²) in [6, 6.07) is 10.6. The van der Waals surface area contributed by atoms with Crippen molar-refractivity contribution in [2.45, 2.75) is 91.0 Å². The van der Waals surface area contributed by atoms with Crippen LogP contribution in [0.2, 0.25) is 0 Å². The number of piperidine rings is 1. The average Bonchev–Trinajstić information content (AvgIpc) is 3.33. The second-order valence-corrected chi connectivity index (χ2v) is 13.2. The van der Waals surface area contributed by atoms with Crippen LogP contribution in [0.25, 0.3) is 11.0 Å². The molecule has 0 unspecified atom stereocenters. The minimum absolute atomic E-state index is 0.0167.